The number of carbonyl (C=O) groups is 1. The minimum atomic E-state index is -1.36. The largest absolute Gasteiger partial charge is 0.463 e. The Bertz CT molecular complexity index is 653. The first-order chi connectivity index (χ1) is 7.50. The van der Waals surface area contributed by atoms with E-state index in [2.05, 4.69) is 5.10 Å². The van der Waals surface area contributed by atoms with Gasteiger partial charge in [0.25, 0.3) is 11.2 Å². The quantitative estimate of drug-likeness (QED) is 0.546. The number of rotatable bonds is 1. The van der Waals surface area contributed by atoms with E-state index in [1.54, 1.807) is 0 Å². The van der Waals surface area contributed by atoms with Crippen molar-refractivity contribution in [1.82, 2.24) is 9.78 Å². The van der Waals surface area contributed by atoms with Gasteiger partial charge in [-0.3, -0.25) is 20.0 Å². The van der Waals surface area contributed by atoms with Gasteiger partial charge in [0.1, 0.15) is 0 Å². The van der Waals surface area contributed by atoms with Gasteiger partial charge in [0.05, 0.1) is 15.8 Å². The lowest BCUT2D eigenvalue weighted by Crippen LogP contribution is -2.12. The zero-order valence-electron chi connectivity index (χ0n) is 7.71. The number of carboxylic acid groups (broad SMARTS) is 1. The SMILES string of the molecule is O=C(O)n1[nH]c(=O)c2cc([N+](=O)[O-])ccc21. The van der Waals surface area contributed by atoms with Crippen LogP contribution in [0.2, 0.25) is 0 Å². The summed E-state index contributed by atoms with van der Waals surface area (Å²) >= 11 is 0. The maximum atomic E-state index is 11.3. The summed E-state index contributed by atoms with van der Waals surface area (Å²) in [6.07, 6.45) is -1.36. The molecule has 0 unspecified atom stereocenters. The zero-order chi connectivity index (χ0) is 11.9. The van der Waals surface area contributed by atoms with Gasteiger partial charge in [0, 0.05) is 12.1 Å². The van der Waals surface area contributed by atoms with Gasteiger partial charge in [-0.2, -0.15) is 4.68 Å². The van der Waals surface area contributed by atoms with Crippen molar-refractivity contribution in [1.29, 1.82) is 0 Å². The van der Waals surface area contributed by atoms with E-state index in [0.717, 1.165) is 12.1 Å². The number of hydrogen-bond acceptors (Lipinski definition) is 4. The Hall–Kier alpha value is -2.64. The van der Waals surface area contributed by atoms with E-state index in [1.807, 2.05) is 0 Å². The lowest BCUT2D eigenvalue weighted by molar-refractivity contribution is -0.384. The molecule has 0 bridgehead atoms. The number of nitrogens with one attached hydrogen (secondary N) is 1. The highest BCUT2D eigenvalue weighted by atomic mass is 16.6. The monoisotopic (exact) mass is 223 g/mol. The van der Waals surface area contributed by atoms with Crippen molar-refractivity contribution in [2.75, 3.05) is 0 Å². The van der Waals surface area contributed by atoms with Crippen molar-refractivity contribution in [2.45, 2.75) is 0 Å². The maximum Gasteiger partial charge on any atom is 0.431 e. The van der Waals surface area contributed by atoms with Crippen LogP contribution in [-0.2, 0) is 0 Å². The molecule has 1 aromatic carbocycles. The molecule has 0 aliphatic carbocycles. The molecule has 0 spiro atoms. The molecule has 1 aromatic heterocycles. The third-order valence-electron chi connectivity index (χ3n) is 2.08. The predicted molar refractivity (Wildman–Crippen MR) is 52.6 cm³/mol. The standard InChI is InChI=1S/C8H5N3O5/c12-7-5-3-4(11(15)16)1-2-6(5)10(9-7)8(13)14/h1-3H,(H,9,12)(H,13,14). The van der Waals surface area contributed by atoms with E-state index in [-0.39, 0.29) is 16.6 Å². The number of nitro groups is 1. The molecule has 0 radical (unpaired) electrons. The molecule has 0 saturated heterocycles. The Morgan fingerprint density at radius 2 is 2.19 bits per heavy atom. The van der Waals surface area contributed by atoms with Crippen LogP contribution in [0, 0.1) is 10.1 Å². The normalized spacial score (nSPS) is 10.5. The molecular formula is C8H5N3O5. The van der Waals surface area contributed by atoms with E-state index in [4.69, 9.17) is 5.11 Å². The summed E-state index contributed by atoms with van der Waals surface area (Å²) in [6.45, 7) is 0. The zero-order valence-corrected chi connectivity index (χ0v) is 7.71. The van der Waals surface area contributed by atoms with Crippen molar-refractivity contribution in [2.24, 2.45) is 0 Å². The minimum absolute atomic E-state index is 0.0309. The van der Waals surface area contributed by atoms with Gasteiger partial charge in [-0.25, -0.2) is 4.79 Å². The number of aromatic amines is 1. The molecule has 8 nitrogen and oxygen atoms in total. The fourth-order valence-electron chi connectivity index (χ4n) is 1.39. The van der Waals surface area contributed by atoms with Crippen molar-refractivity contribution < 1.29 is 14.8 Å². The predicted octanol–water partition coefficient (Wildman–Crippen LogP) is 0.764. The molecule has 8 heteroatoms. The van der Waals surface area contributed by atoms with Crippen LogP contribution in [0.4, 0.5) is 10.5 Å². The van der Waals surface area contributed by atoms with Crippen molar-refractivity contribution in [3.05, 3.63) is 38.7 Å². The third kappa shape index (κ3) is 1.32. The summed E-state index contributed by atoms with van der Waals surface area (Å²) in [7, 11) is 0. The topological polar surface area (TPSA) is 118 Å². The van der Waals surface area contributed by atoms with Crippen LogP contribution in [0.5, 0.6) is 0 Å². The molecule has 0 saturated carbocycles. The van der Waals surface area contributed by atoms with Gasteiger partial charge < -0.3 is 5.11 Å². The van der Waals surface area contributed by atoms with E-state index in [9.17, 15) is 19.7 Å². The first-order valence-corrected chi connectivity index (χ1v) is 4.13. The number of H-pyrrole nitrogens is 1. The van der Waals surface area contributed by atoms with Gasteiger partial charge in [0.15, 0.2) is 0 Å². The highest BCUT2D eigenvalue weighted by molar-refractivity contribution is 5.88. The Balaban J connectivity index is 2.81. The molecule has 82 valence electrons. The molecule has 0 aliphatic rings. The van der Waals surface area contributed by atoms with E-state index in [0.29, 0.717) is 4.68 Å². The Labute approximate surface area is 86.9 Å². The summed E-state index contributed by atoms with van der Waals surface area (Å²) < 4.78 is 0.612. The van der Waals surface area contributed by atoms with E-state index in [1.165, 1.54) is 6.07 Å². The van der Waals surface area contributed by atoms with Crippen LogP contribution in [0.15, 0.2) is 23.0 Å². The van der Waals surface area contributed by atoms with Crippen LogP contribution < -0.4 is 5.56 Å². The molecule has 0 amide bonds. The van der Waals surface area contributed by atoms with Crippen LogP contribution in [0.1, 0.15) is 0 Å². The second kappa shape index (κ2) is 3.19. The second-order valence-electron chi connectivity index (χ2n) is 3.02. The lowest BCUT2D eigenvalue weighted by Gasteiger charge is -1.95. The Morgan fingerprint density at radius 1 is 1.50 bits per heavy atom. The molecule has 2 N–H and O–H groups in total. The minimum Gasteiger partial charge on any atom is -0.463 e. The molecule has 2 rings (SSSR count). The maximum absolute atomic E-state index is 11.3. The number of hydrogen-bond donors (Lipinski definition) is 2. The highest BCUT2D eigenvalue weighted by Crippen LogP contribution is 2.17. The number of nitrogens with zero attached hydrogens (tertiary/aromatic N) is 2. The molecule has 0 aliphatic heterocycles. The fraction of sp³-hybridized carbons (Fsp3) is 0. The summed E-state index contributed by atoms with van der Waals surface area (Å²) in [5.41, 5.74) is -0.856. The molecule has 0 atom stereocenters. The summed E-state index contributed by atoms with van der Waals surface area (Å²) in [6, 6.07) is 3.38. The molecule has 16 heavy (non-hydrogen) atoms. The number of non-ortho nitro benzene ring substituents is 1. The Kier molecular flexibility index (Phi) is 1.97. The fourth-order valence-corrected chi connectivity index (χ4v) is 1.39. The number of nitro benzene ring substituents is 1. The Morgan fingerprint density at radius 3 is 2.75 bits per heavy atom. The number of benzene rings is 1. The first-order valence-electron chi connectivity index (χ1n) is 4.13. The molecular weight excluding hydrogens is 218 g/mol. The van der Waals surface area contributed by atoms with E-state index < -0.39 is 16.6 Å². The lowest BCUT2D eigenvalue weighted by atomic mass is 10.2. The summed E-state index contributed by atoms with van der Waals surface area (Å²) in [5, 5.41) is 21.2. The number of aromatic nitrogens is 2. The van der Waals surface area contributed by atoms with Gasteiger partial charge in [0.2, 0.25) is 0 Å². The van der Waals surface area contributed by atoms with Crippen LogP contribution in [0.3, 0.4) is 0 Å². The van der Waals surface area contributed by atoms with Gasteiger partial charge in [-0.1, -0.05) is 0 Å². The third-order valence-corrected chi connectivity index (χ3v) is 2.08. The molecule has 0 fully saturated rings. The summed E-state index contributed by atoms with van der Waals surface area (Å²) in [4.78, 5) is 31.8. The second-order valence-corrected chi connectivity index (χ2v) is 3.02. The molecule has 1 heterocycles. The molecule has 2 aromatic rings. The summed E-state index contributed by atoms with van der Waals surface area (Å²) in [5.74, 6) is 0. The van der Waals surface area contributed by atoms with Gasteiger partial charge >= 0.3 is 6.09 Å². The van der Waals surface area contributed by atoms with Gasteiger partial charge in [-0.05, 0) is 6.07 Å². The highest BCUT2D eigenvalue weighted by Gasteiger charge is 2.14. The van der Waals surface area contributed by atoms with Crippen molar-refractivity contribution >= 4 is 22.7 Å². The van der Waals surface area contributed by atoms with Crippen molar-refractivity contribution in [3.8, 4) is 0 Å². The van der Waals surface area contributed by atoms with E-state index >= 15 is 0 Å². The average molecular weight is 223 g/mol. The number of fused-ring (bicyclic) bond motifs is 1. The average Bonchev–Trinajstić information content (AvgIpc) is 2.56. The van der Waals surface area contributed by atoms with Gasteiger partial charge in [-0.15, -0.1) is 0 Å². The van der Waals surface area contributed by atoms with Crippen LogP contribution in [0.25, 0.3) is 10.9 Å². The first kappa shape index (κ1) is 9.90. The smallest absolute Gasteiger partial charge is 0.431 e. The van der Waals surface area contributed by atoms with Crippen LogP contribution >= 0.6 is 0 Å². The van der Waals surface area contributed by atoms with Crippen molar-refractivity contribution in [3.63, 3.8) is 0 Å². The van der Waals surface area contributed by atoms with Crippen LogP contribution in [-0.4, -0.2) is 25.9 Å².